The molecule has 0 bridgehead atoms. The van der Waals surface area contributed by atoms with Crippen molar-refractivity contribution in [2.75, 3.05) is 5.75 Å². The molecule has 0 aromatic heterocycles. The van der Waals surface area contributed by atoms with Gasteiger partial charge in [-0.3, -0.25) is 0 Å². The largest absolute Gasteiger partial charge is 0.412 e. The van der Waals surface area contributed by atoms with E-state index in [2.05, 4.69) is 34.6 Å². The maximum absolute atomic E-state index is 12.3. The molecule has 0 fully saturated rings. The van der Waals surface area contributed by atoms with Crippen LogP contribution in [0.3, 0.4) is 0 Å². The fraction of sp³-hybridized carbons (Fsp3) is 0.684. The van der Waals surface area contributed by atoms with Gasteiger partial charge in [0.1, 0.15) is 0 Å². The molecule has 0 spiro atoms. The molecule has 138 valence electrons. The van der Waals surface area contributed by atoms with Crippen LogP contribution in [0.2, 0.25) is 18.1 Å². The van der Waals surface area contributed by atoms with Crippen LogP contribution in [0, 0.1) is 0 Å². The number of hydrogen-bond acceptors (Lipinski definition) is 3. The van der Waals surface area contributed by atoms with Gasteiger partial charge in [-0.2, -0.15) is 0 Å². The Hall–Kier alpha value is -0.653. The molecule has 1 aromatic carbocycles. The van der Waals surface area contributed by atoms with Gasteiger partial charge in [0.05, 0.1) is 16.2 Å². The molecule has 0 aliphatic carbocycles. The van der Waals surface area contributed by atoms with Crippen LogP contribution in [0.15, 0.2) is 35.2 Å². The summed E-state index contributed by atoms with van der Waals surface area (Å²) < 4.78 is 31.2. The van der Waals surface area contributed by atoms with Crippen molar-refractivity contribution in [1.29, 1.82) is 0 Å². The van der Waals surface area contributed by atoms with Gasteiger partial charge in [0.2, 0.25) is 0 Å². The molecule has 24 heavy (non-hydrogen) atoms. The van der Waals surface area contributed by atoms with Crippen LogP contribution in [0.5, 0.6) is 0 Å². The van der Waals surface area contributed by atoms with Gasteiger partial charge < -0.3 is 4.43 Å². The van der Waals surface area contributed by atoms with Crippen molar-refractivity contribution >= 4 is 18.2 Å². The molecule has 1 rings (SSSR count). The van der Waals surface area contributed by atoms with Gasteiger partial charge >= 0.3 is 0 Å². The Morgan fingerprint density at radius 3 is 2.00 bits per heavy atom. The van der Waals surface area contributed by atoms with E-state index in [1.54, 1.807) is 24.3 Å². The Bertz CT molecular complexity index is 570. The third-order valence-electron chi connectivity index (χ3n) is 4.97. The SMILES string of the molecule is CC[Si](CC)(CC)OC(C)(C)CCCCS(=O)(=O)c1ccccc1. The summed E-state index contributed by atoms with van der Waals surface area (Å²) in [5.74, 6) is 0.213. The monoisotopic (exact) mass is 370 g/mol. The van der Waals surface area contributed by atoms with E-state index in [1.165, 1.54) is 0 Å². The lowest BCUT2D eigenvalue weighted by Crippen LogP contribution is -2.44. The molecule has 0 saturated heterocycles. The zero-order chi connectivity index (χ0) is 18.3. The number of sulfone groups is 1. The van der Waals surface area contributed by atoms with Crippen LogP contribution in [0.25, 0.3) is 0 Å². The van der Waals surface area contributed by atoms with E-state index in [1.807, 2.05) is 6.07 Å². The number of benzene rings is 1. The van der Waals surface area contributed by atoms with Crippen LogP contribution in [0.1, 0.15) is 53.9 Å². The fourth-order valence-electron chi connectivity index (χ4n) is 3.19. The van der Waals surface area contributed by atoms with E-state index in [-0.39, 0.29) is 11.4 Å². The Labute approximate surface area is 149 Å². The zero-order valence-electron chi connectivity index (χ0n) is 16.0. The molecular weight excluding hydrogens is 336 g/mol. The lowest BCUT2D eigenvalue weighted by atomic mass is 10.0. The van der Waals surface area contributed by atoms with E-state index in [0.29, 0.717) is 11.3 Å². The van der Waals surface area contributed by atoms with E-state index < -0.39 is 18.2 Å². The summed E-state index contributed by atoms with van der Waals surface area (Å²) >= 11 is 0. The van der Waals surface area contributed by atoms with Crippen LogP contribution in [0.4, 0.5) is 0 Å². The van der Waals surface area contributed by atoms with Gasteiger partial charge in [-0.1, -0.05) is 39.0 Å². The molecule has 5 heteroatoms. The molecule has 0 radical (unpaired) electrons. The minimum Gasteiger partial charge on any atom is -0.412 e. The minimum absolute atomic E-state index is 0.162. The second-order valence-corrected chi connectivity index (χ2v) is 14.0. The van der Waals surface area contributed by atoms with E-state index in [4.69, 9.17) is 4.43 Å². The highest BCUT2D eigenvalue weighted by Crippen LogP contribution is 2.30. The van der Waals surface area contributed by atoms with Crippen LogP contribution < -0.4 is 0 Å². The third-order valence-corrected chi connectivity index (χ3v) is 11.6. The summed E-state index contributed by atoms with van der Waals surface area (Å²) in [6.45, 7) is 11.0. The summed E-state index contributed by atoms with van der Waals surface area (Å²) in [6.07, 6.45) is 2.47. The molecule has 0 atom stereocenters. The Kier molecular flexibility index (Phi) is 8.16. The van der Waals surface area contributed by atoms with E-state index in [9.17, 15) is 8.42 Å². The molecule has 0 aliphatic rings. The Balaban J connectivity index is 2.52. The first kappa shape index (κ1) is 21.4. The lowest BCUT2D eigenvalue weighted by Gasteiger charge is -2.38. The Morgan fingerprint density at radius 2 is 1.50 bits per heavy atom. The van der Waals surface area contributed by atoms with E-state index >= 15 is 0 Å². The molecule has 1 aromatic rings. The summed E-state index contributed by atoms with van der Waals surface area (Å²) in [4.78, 5) is 0.426. The van der Waals surface area contributed by atoms with Gasteiger partial charge in [0.15, 0.2) is 18.2 Å². The second kappa shape index (κ2) is 9.16. The smallest absolute Gasteiger partial charge is 0.192 e. The average Bonchev–Trinajstić information content (AvgIpc) is 2.58. The predicted molar refractivity (Wildman–Crippen MR) is 105 cm³/mol. The van der Waals surface area contributed by atoms with E-state index in [0.717, 1.165) is 31.0 Å². The van der Waals surface area contributed by atoms with Gasteiger partial charge in [0.25, 0.3) is 0 Å². The van der Waals surface area contributed by atoms with Crippen molar-refractivity contribution in [2.24, 2.45) is 0 Å². The first-order valence-electron chi connectivity index (χ1n) is 9.18. The molecule has 0 unspecified atom stereocenters. The third kappa shape index (κ3) is 6.34. The van der Waals surface area contributed by atoms with Crippen molar-refractivity contribution in [3.8, 4) is 0 Å². The fourth-order valence-corrected chi connectivity index (χ4v) is 7.79. The molecule has 3 nitrogen and oxygen atoms in total. The quantitative estimate of drug-likeness (QED) is 0.385. The Morgan fingerprint density at radius 1 is 0.958 bits per heavy atom. The van der Waals surface area contributed by atoms with Crippen LogP contribution in [-0.2, 0) is 14.3 Å². The summed E-state index contributed by atoms with van der Waals surface area (Å²) in [6, 6.07) is 12.2. The maximum Gasteiger partial charge on any atom is 0.192 e. The highest BCUT2D eigenvalue weighted by atomic mass is 32.2. The normalized spacial score (nSPS) is 13.2. The van der Waals surface area contributed by atoms with Crippen LogP contribution >= 0.6 is 0 Å². The summed E-state index contributed by atoms with van der Waals surface area (Å²) in [7, 11) is -4.78. The average molecular weight is 371 g/mol. The maximum atomic E-state index is 12.3. The predicted octanol–water partition coefficient (Wildman–Crippen LogP) is 5.43. The molecule has 0 N–H and O–H groups in total. The first-order valence-corrected chi connectivity index (χ1v) is 13.4. The van der Waals surface area contributed by atoms with Gasteiger partial charge in [-0.25, -0.2) is 8.42 Å². The van der Waals surface area contributed by atoms with Gasteiger partial charge in [-0.15, -0.1) is 0 Å². The van der Waals surface area contributed by atoms with Crippen molar-refractivity contribution in [1.82, 2.24) is 0 Å². The first-order chi connectivity index (χ1) is 11.2. The zero-order valence-corrected chi connectivity index (χ0v) is 17.8. The number of unbranched alkanes of at least 4 members (excludes halogenated alkanes) is 1. The lowest BCUT2D eigenvalue weighted by molar-refractivity contribution is 0.0834. The van der Waals surface area contributed by atoms with Crippen molar-refractivity contribution in [3.63, 3.8) is 0 Å². The van der Waals surface area contributed by atoms with Gasteiger partial charge in [-0.05, 0) is 63.4 Å². The molecular formula is C19H34O3SSi. The summed E-state index contributed by atoms with van der Waals surface area (Å²) in [5, 5.41) is 0. The molecule has 0 heterocycles. The topological polar surface area (TPSA) is 43.4 Å². The van der Waals surface area contributed by atoms with Crippen molar-refractivity contribution in [2.45, 2.75) is 82.5 Å². The second-order valence-electron chi connectivity index (χ2n) is 7.19. The van der Waals surface area contributed by atoms with Crippen LogP contribution in [-0.4, -0.2) is 28.1 Å². The van der Waals surface area contributed by atoms with Crippen molar-refractivity contribution in [3.05, 3.63) is 30.3 Å². The highest BCUT2D eigenvalue weighted by Gasteiger charge is 2.35. The number of rotatable bonds is 11. The standard InChI is InChI=1S/C19H34O3SSi/c1-6-24(7-2,8-3)22-19(4,5)16-12-13-17-23(20,21)18-14-10-9-11-15-18/h9-11,14-15H,6-8,12-13,16-17H2,1-5H3. The number of hydrogen-bond donors (Lipinski definition) is 0. The summed E-state index contributed by atoms with van der Waals surface area (Å²) in [5.41, 5.74) is -0.162. The minimum atomic E-state index is -3.16. The molecule has 0 amide bonds. The van der Waals surface area contributed by atoms with Gasteiger partial charge in [0, 0.05) is 0 Å². The highest BCUT2D eigenvalue weighted by molar-refractivity contribution is 7.91. The van der Waals surface area contributed by atoms with Crippen molar-refractivity contribution < 1.29 is 12.8 Å². The molecule has 0 aliphatic heterocycles. The molecule has 0 saturated carbocycles.